The second-order valence-corrected chi connectivity index (χ2v) is 6.39. The van der Waals surface area contributed by atoms with E-state index in [1.165, 1.54) is 15.0 Å². The molecule has 2 heterocycles. The SMILES string of the molecule is COc1ccc(-c2ccc(-c3cc4ccccc4s3)nc2)cc1. The summed E-state index contributed by atoms with van der Waals surface area (Å²) in [6.07, 6.45) is 1.93. The molecule has 0 N–H and O–H groups in total. The van der Waals surface area contributed by atoms with E-state index in [1.54, 1.807) is 18.4 Å². The zero-order valence-electron chi connectivity index (χ0n) is 12.7. The summed E-state index contributed by atoms with van der Waals surface area (Å²) in [6, 6.07) is 22.9. The van der Waals surface area contributed by atoms with E-state index in [1.807, 2.05) is 18.3 Å². The molecular formula is C20H15NOS. The minimum atomic E-state index is 0.864. The van der Waals surface area contributed by atoms with Gasteiger partial charge in [-0.05, 0) is 41.3 Å². The molecule has 0 aliphatic heterocycles. The van der Waals surface area contributed by atoms with E-state index in [2.05, 4.69) is 59.6 Å². The Balaban J connectivity index is 1.66. The summed E-state index contributed by atoms with van der Waals surface area (Å²) in [6.45, 7) is 0. The van der Waals surface area contributed by atoms with E-state index < -0.39 is 0 Å². The molecule has 2 aromatic carbocycles. The molecule has 0 saturated heterocycles. The van der Waals surface area contributed by atoms with Crippen LogP contribution in [0.25, 0.3) is 31.8 Å². The Hall–Kier alpha value is -2.65. The van der Waals surface area contributed by atoms with Crippen LogP contribution in [0.3, 0.4) is 0 Å². The average Bonchev–Trinajstić information content (AvgIpc) is 3.06. The Labute approximate surface area is 139 Å². The van der Waals surface area contributed by atoms with Crippen LogP contribution in [0.15, 0.2) is 72.9 Å². The minimum Gasteiger partial charge on any atom is -0.497 e. The van der Waals surface area contributed by atoms with Gasteiger partial charge in [0.15, 0.2) is 0 Å². The van der Waals surface area contributed by atoms with E-state index >= 15 is 0 Å². The molecule has 0 unspecified atom stereocenters. The molecule has 3 heteroatoms. The van der Waals surface area contributed by atoms with Crippen LogP contribution in [0, 0.1) is 0 Å². The molecule has 112 valence electrons. The van der Waals surface area contributed by atoms with Crippen LogP contribution in [0.5, 0.6) is 5.75 Å². The van der Waals surface area contributed by atoms with Crippen LogP contribution in [-0.4, -0.2) is 12.1 Å². The molecule has 0 radical (unpaired) electrons. The first-order chi connectivity index (χ1) is 11.3. The number of thiophene rings is 1. The standard InChI is InChI=1S/C20H15NOS/c1-22-17-9-6-14(7-10-17)16-8-11-18(21-13-16)20-12-15-4-2-3-5-19(15)23-20/h2-13H,1H3. The summed E-state index contributed by atoms with van der Waals surface area (Å²) < 4.78 is 6.49. The minimum absolute atomic E-state index is 0.864. The maximum atomic E-state index is 5.20. The van der Waals surface area contributed by atoms with Crippen molar-refractivity contribution in [2.24, 2.45) is 0 Å². The molecule has 2 aromatic heterocycles. The van der Waals surface area contributed by atoms with Crippen LogP contribution in [0.1, 0.15) is 0 Å². The Morgan fingerprint density at radius 1 is 0.870 bits per heavy atom. The topological polar surface area (TPSA) is 22.1 Å². The molecule has 0 bridgehead atoms. The number of fused-ring (bicyclic) bond motifs is 1. The van der Waals surface area contributed by atoms with Crippen molar-refractivity contribution < 1.29 is 4.74 Å². The Kier molecular flexibility index (Phi) is 3.56. The van der Waals surface area contributed by atoms with Crippen molar-refractivity contribution in [1.82, 2.24) is 4.98 Å². The smallest absolute Gasteiger partial charge is 0.118 e. The fourth-order valence-electron chi connectivity index (χ4n) is 2.60. The second kappa shape index (κ2) is 5.86. The number of methoxy groups -OCH3 is 1. The monoisotopic (exact) mass is 317 g/mol. The van der Waals surface area contributed by atoms with Gasteiger partial charge in [-0.25, -0.2) is 0 Å². The highest BCUT2D eigenvalue weighted by atomic mass is 32.1. The van der Waals surface area contributed by atoms with Gasteiger partial charge < -0.3 is 4.74 Å². The van der Waals surface area contributed by atoms with E-state index in [0.717, 1.165) is 22.6 Å². The van der Waals surface area contributed by atoms with Gasteiger partial charge in [-0.1, -0.05) is 36.4 Å². The first-order valence-electron chi connectivity index (χ1n) is 7.43. The lowest BCUT2D eigenvalue weighted by Crippen LogP contribution is -1.85. The van der Waals surface area contributed by atoms with Crippen LogP contribution < -0.4 is 4.74 Å². The fourth-order valence-corrected chi connectivity index (χ4v) is 3.64. The Morgan fingerprint density at radius 3 is 2.35 bits per heavy atom. The zero-order chi connectivity index (χ0) is 15.6. The molecule has 0 saturated carbocycles. The van der Waals surface area contributed by atoms with Crippen LogP contribution in [0.2, 0.25) is 0 Å². The van der Waals surface area contributed by atoms with Gasteiger partial charge in [-0.3, -0.25) is 4.98 Å². The molecule has 2 nitrogen and oxygen atoms in total. The van der Waals surface area contributed by atoms with Crippen LogP contribution >= 0.6 is 11.3 Å². The number of benzene rings is 2. The van der Waals surface area contributed by atoms with Crippen molar-refractivity contribution in [3.8, 4) is 27.4 Å². The highest BCUT2D eigenvalue weighted by molar-refractivity contribution is 7.22. The molecule has 0 aliphatic rings. The highest BCUT2D eigenvalue weighted by Crippen LogP contribution is 2.33. The quantitative estimate of drug-likeness (QED) is 0.488. The van der Waals surface area contributed by atoms with Gasteiger partial charge in [-0.15, -0.1) is 11.3 Å². The Bertz CT molecular complexity index is 906. The average molecular weight is 317 g/mol. The third kappa shape index (κ3) is 2.71. The number of hydrogen-bond donors (Lipinski definition) is 0. The molecule has 0 fully saturated rings. The van der Waals surface area contributed by atoms with E-state index in [-0.39, 0.29) is 0 Å². The maximum Gasteiger partial charge on any atom is 0.118 e. The van der Waals surface area contributed by atoms with Gasteiger partial charge in [0.2, 0.25) is 0 Å². The van der Waals surface area contributed by atoms with Gasteiger partial charge in [0.05, 0.1) is 17.7 Å². The van der Waals surface area contributed by atoms with Gasteiger partial charge in [0.25, 0.3) is 0 Å². The van der Waals surface area contributed by atoms with Crippen molar-refractivity contribution in [3.05, 3.63) is 72.9 Å². The number of hydrogen-bond acceptors (Lipinski definition) is 3. The summed E-state index contributed by atoms with van der Waals surface area (Å²) in [7, 11) is 1.68. The fraction of sp³-hybridized carbons (Fsp3) is 0.0500. The largest absolute Gasteiger partial charge is 0.497 e. The third-order valence-electron chi connectivity index (χ3n) is 3.86. The van der Waals surface area contributed by atoms with E-state index in [4.69, 9.17) is 4.74 Å². The predicted octanol–water partition coefficient (Wildman–Crippen LogP) is 5.64. The molecule has 0 atom stereocenters. The van der Waals surface area contributed by atoms with Gasteiger partial charge in [0, 0.05) is 16.5 Å². The molecule has 23 heavy (non-hydrogen) atoms. The summed E-state index contributed by atoms with van der Waals surface area (Å²) >= 11 is 1.78. The molecule has 4 rings (SSSR count). The van der Waals surface area contributed by atoms with Gasteiger partial charge >= 0.3 is 0 Å². The molecule has 0 spiro atoms. The maximum absolute atomic E-state index is 5.20. The Morgan fingerprint density at radius 2 is 1.65 bits per heavy atom. The van der Waals surface area contributed by atoms with Crippen LogP contribution in [0.4, 0.5) is 0 Å². The normalized spacial score (nSPS) is 10.8. The summed E-state index contributed by atoms with van der Waals surface area (Å²) in [5.74, 6) is 0.864. The summed E-state index contributed by atoms with van der Waals surface area (Å²) in [5.41, 5.74) is 3.27. The molecule has 0 amide bonds. The number of aromatic nitrogens is 1. The van der Waals surface area contributed by atoms with Crippen molar-refractivity contribution in [3.63, 3.8) is 0 Å². The number of ether oxygens (including phenoxy) is 1. The van der Waals surface area contributed by atoms with Crippen molar-refractivity contribution in [2.75, 3.05) is 7.11 Å². The van der Waals surface area contributed by atoms with E-state index in [0.29, 0.717) is 0 Å². The first kappa shape index (κ1) is 14.0. The van der Waals surface area contributed by atoms with E-state index in [9.17, 15) is 0 Å². The molecule has 0 aliphatic carbocycles. The summed E-state index contributed by atoms with van der Waals surface area (Å²) in [4.78, 5) is 5.84. The highest BCUT2D eigenvalue weighted by Gasteiger charge is 2.06. The second-order valence-electron chi connectivity index (χ2n) is 5.31. The van der Waals surface area contributed by atoms with Gasteiger partial charge in [-0.2, -0.15) is 0 Å². The lowest BCUT2D eigenvalue weighted by molar-refractivity contribution is 0.415. The van der Waals surface area contributed by atoms with Crippen molar-refractivity contribution in [1.29, 1.82) is 0 Å². The summed E-state index contributed by atoms with van der Waals surface area (Å²) in [5, 5.41) is 1.27. The number of pyridine rings is 1. The predicted molar refractivity (Wildman–Crippen MR) is 97.0 cm³/mol. The van der Waals surface area contributed by atoms with Crippen molar-refractivity contribution in [2.45, 2.75) is 0 Å². The van der Waals surface area contributed by atoms with Gasteiger partial charge in [0.1, 0.15) is 5.75 Å². The number of nitrogens with zero attached hydrogens (tertiary/aromatic N) is 1. The lowest BCUT2D eigenvalue weighted by atomic mass is 10.1. The van der Waals surface area contributed by atoms with Crippen molar-refractivity contribution >= 4 is 21.4 Å². The third-order valence-corrected chi connectivity index (χ3v) is 5.00. The first-order valence-corrected chi connectivity index (χ1v) is 8.24. The molecule has 4 aromatic rings. The lowest BCUT2D eigenvalue weighted by Gasteiger charge is -2.04. The molecular weight excluding hydrogens is 302 g/mol. The number of rotatable bonds is 3. The van der Waals surface area contributed by atoms with Crippen LogP contribution in [-0.2, 0) is 0 Å². The zero-order valence-corrected chi connectivity index (χ0v) is 13.5.